The molecule has 7 nitrogen and oxygen atoms in total. The minimum absolute atomic E-state index is 0.357. The quantitative estimate of drug-likeness (QED) is 0.772. The summed E-state index contributed by atoms with van der Waals surface area (Å²) in [4.78, 5) is 20.0. The van der Waals surface area contributed by atoms with E-state index in [0.29, 0.717) is 16.7 Å². The molecule has 0 spiro atoms. The summed E-state index contributed by atoms with van der Waals surface area (Å²) >= 11 is 6.01. The second-order valence-corrected chi connectivity index (χ2v) is 5.17. The minimum atomic E-state index is -0.436. The molecule has 0 radical (unpaired) electrons. The Labute approximate surface area is 137 Å². The van der Waals surface area contributed by atoms with Crippen molar-refractivity contribution in [2.75, 3.05) is 10.6 Å². The first-order valence-corrected chi connectivity index (χ1v) is 7.16. The van der Waals surface area contributed by atoms with Crippen LogP contribution in [0.25, 0.3) is 5.69 Å². The van der Waals surface area contributed by atoms with Crippen molar-refractivity contribution in [3.05, 3.63) is 59.6 Å². The molecule has 0 bridgehead atoms. The Morgan fingerprint density at radius 3 is 2.83 bits per heavy atom. The molecule has 3 rings (SSSR count). The highest BCUT2D eigenvalue weighted by molar-refractivity contribution is 6.30. The van der Waals surface area contributed by atoms with Crippen LogP contribution in [0.5, 0.6) is 0 Å². The van der Waals surface area contributed by atoms with E-state index in [1.165, 1.54) is 18.6 Å². The maximum Gasteiger partial charge on any atom is 0.326 e. The number of carbonyl (C=O) groups excluding carboxylic acids is 1. The van der Waals surface area contributed by atoms with Gasteiger partial charge >= 0.3 is 6.03 Å². The third kappa shape index (κ3) is 3.64. The van der Waals surface area contributed by atoms with Crippen molar-refractivity contribution in [2.45, 2.75) is 6.92 Å². The van der Waals surface area contributed by atoms with Gasteiger partial charge in [0.1, 0.15) is 5.82 Å². The van der Waals surface area contributed by atoms with Crippen LogP contribution in [0.15, 0.2) is 48.9 Å². The molecule has 2 N–H and O–H groups in total. The molecule has 8 heteroatoms. The van der Waals surface area contributed by atoms with Crippen LogP contribution < -0.4 is 10.6 Å². The largest absolute Gasteiger partial charge is 0.326 e. The molecule has 0 aliphatic rings. The molecule has 3 aromatic rings. The first kappa shape index (κ1) is 15.0. The van der Waals surface area contributed by atoms with Gasteiger partial charge in [0.25, 0.3) is 0 Å². The Morgan fingerprint density at radius 1 is 1.22 bits per heavy atom. The van der Waals surface area contributed by atoms with Gasteiger partial charge in [-0.25, -0.2) is 14.5 Å². The molecule has 2 amide bonds. The average Bonchev–Trinajstić information content (AvgIpc) is 2.88. The van der Waals surface area contributed by atoms with Crippen molar-refractivity contribution in [3.8, 4) is 5.69 Å². The molecule has 0 aliphatic heterocycles. The summed E-state index contributed by atoms with van der Waals surface area (Å²) in [5, 5.41) is 10.3. The maximum absolute atomic E-state index is 12.1. The van der Waals surface area contributed by atoms with E-state index in [4.69, 9.17) is 11.6 Å². The number of aryl methyl sites for hydroxylation is 1. The van der Waals surface area contributed by atoms with Gasteiger partial charge in [-0.1, -0.05) is 17.7 Å². The van der Waals surface area contributed by atoms with Gasteiger partial charge in [0, 0.05) is 23.5 Å². The lowest BCUT2D eigenvalue weighted by Crippen LogP contribution is -2.21. The standard InChI is InChI=1S/C15H13ClN6O/c1-10-7-14(20-15(23)19-13-9-17-5-6-18-13)22(21-10)12-4-2-3-11(16)8-12/h2-9H,1H3,(H2,18,19,20,23). The van der Waals surface area contributed by atoms with Gasteiger partial charge in [0.2, 0.25) is 0 Å². The summed E-state index contributed by atoms with van der Waals surface area (Å²) in [5.41, 5.74) is 1.51. The molecule has 0 atom stereocenters. The SMILES string of the molecule is Cc1cc(NC(=O)Nc2cnccn2)n(-c2cccc(Cl)c2)n1. The van der Waals surface area contributed by atoms with Crippen molar-refractivity contribution in [2.24, 2.45) is 0 Å². The van der Waals surface area contributed by atoms with E-state index < -0.39 is 6.03 Å². The first-order chi connectivity index (χ1) is 11.1. The third-order valence-electron chi connectivity index (χ3n) is 2.93. The maximum atomic E-state index is 12.1. The molecule has 116 valence electrons. The van der Waals surface area contributed by atoms with Crippen LogP contribution in [0, 0.1) is 6.92 Å². The van der Waals surface area contributed by atoms with Crippen LogP contribution in [0.3, 0.4) is 0 Å². The lowest BCUT2D eigenvalue weighted by molar-refractivity contribution is 0.262. The predicted octanol–water partition coefficient (Wildman–Crippen LogP) is 3.27. The predicted molar refractivity (Wildman–Crippen MR) is 88.0 cm³/mol. The summed E-state index contributed by atoms with van der Waals surface area (Å²) in [6, 6.07) is 8.53. The fraction of sp³-hybridized carbons (Fsp3) is 0.0667. The fourth-order valence-corrected chi connectivity index (χ4v) is 2.21. The van der Waals surface area contributed by atoms with E-state index >= 15 is 0 Å². The number of rotatable bonds is 3. The number of halogens is 1. The number of urea groups is 1. The highest BCUT2D eigenvalue weighted by atomic mass is 35.5. The Balaban J connectivity index is 1.82. The van der Waals surface area contributed by atoms with Crippen LogP contribution in [-0.2, 0) is 0 Å². The van der Waals surface area contributed by atoms with Crippen LogP contribution in [0.1, 0.15) is 5.69 Å². The topological polar surface area (TPSA) is 84.7 Å². The monoisotopic (exact) mass is 328 g/mol. The smallest absolute Gasteiger partial charge is 0.292 e. The summed E-state index contributed by atoms with van der Waals surface area (Å²) in [7, 11) is 0. The summed E-state index contributed by atoms with van der Waals surface area (Å²) in [6.45, 7) is 1.84. The van der Waals surface area contributed by atoms with Crippen molar-refractivity contribution >= 4 is 29.3 Å². The van der Waals surface area contributed by atoms with E-state index in [0.717, 1.165) is 11.4 Å². The summed E-state index contributed by atoms with van der Waals surface area (Å²) < 4.78 is 1.61. The van der Waals surface area contributed by atoms with Gasteiger partial charge in [-0.15, -0.1) is 0 Å². The number of nitrogens with one attached hydrogen (secondary N) is 2. The lowest BCUT2D eigenvalue weighted by Gasteiger charge is -2.09. The van der Waals surface area contributed by atoms with Crippen molar-refractivity contribution < 1.29 is 4.79 Å². The highest BCUT2D eigenvalue weighted by Gasteiger charge is 2.11. The Bertz CT molecular complexity index is 833. The lowest BCUT2D eigenvalue weighted by atomic mass is 10.3. The molecule has 0 unspecified atom stereocenters. The third-order valence-corrected chi connectivity index (χ3v) is 3.17. The summed E-state index contributed by atoms with van der Waals surface area (Å²) in [5.74, 6) is 0.877. The van der Waals surface area contributed by atoms with E-state index in [2.05, 4.69) is 25.7 Å². The zero-order valence-corrected chi connectivity index (χ0v) is 12.9. The second-order valence-electron chi connectivity index (χ2n) is 4.73. The van der Waals surface area contributed by atoms with E-state index in [9.17, 15) is 4.79 Å². The fourth-order valence-electron chi connectivity index (χ4n) is 2.02. The molecular weight excluding hydrogens is 316 g/mol. The molecule has 2 aromatic heterocycles. The van der Waals surface area contributed by atoms with Crippen molar-refractivity contribution in [3.63, 3.8) is 0 Å². The number of anilines is 2. The van der Waals surface area contributed by atoms with Crippen LogP contribution in [0.4, 0.5) is 16.4 Å². The number of hydrogen-bond acceptors (Lipinski definition) is 4. The Hall–Kier alpha value is -2.93. The number of amides is 2. The molecule has 0 saturated carbocycles. The molecule has 0 aliphatic carbocycles. The van der Waals surface area contributed by atoms with Crippen LogP contribution in [-0.4, -0.2) is 25.8 Å². The van der Waals surface area contributed by atoms with Gasteiger partial charge in [-0.05, 0) is 25.1 Å². The normalized spacial score (nSPS) is 10.3. The van der Waals surface area contributed by atoms with Gasteiger partial charge in [0.05, 0.1) is 17.6 Å². The number of nitrogens with zero attached hydrogens (tertiary/aromatic N) is 4. The number of aromatic nitrogens is 4. The van der Waals surface area contributed by atoms with E-state index in [-0.39, 0.29) is 0 Å². The van der Waals surface area contributed by atoms with Crippen LogP contribution >= 0.6 is 11.6 Å². The molecule has 0 fully saturated rings. The summed E-state index contributed by atoms with van der Waals surface area (Å²) in [6.07, 6.45) is 4.48. The first-order valence-electron chi connectivity index (χ1n) is 6.78. The van der Waals surface area contributed by atoms with Gasteiger partial charge in [-0.3, -0.25) is 15.6 Å². The average molecular weight is 329 g/mol. The van der Waals surface area contributed by atoms with Gasteiger partial charge in [-0.2, -0.15) is 5.10 Å². The number of benzene rings is 1. The van der Waals surface area contributed by atoms with Crippen molar-refractivity contribution in [1.29, 1.82) is 0 Å². The Kier molecular flexibility index (Phi) is 4.20. The number of carbonyl (C=O) groups is 1. The molecule has 23 heavy (non-hydrogen) atoms. The van der Waals surface area contributed by atoms with E-state index in [1.807, 2.05) is 19.1 Å². The number of hydrogen-bond donors (Lipinski definition) is 2. The van der Waals surface area contributed by atoms with Crippen molar-refractivity contribution in [1.82, 2.24) is 19.7 Å². The second kappa shape index (κ2) is 6.45. The van der Waals surface area contributed by atoms with E-state index in [1.54, 1.807) is 22.9 Å². The highest BCUT2D eigenvalue weighted by Crippen LogP contribution is 2.20. The van der Waals surface area contributed by atoms with Crippen LogP contribution in [0.2, 0.25) is 5.02 Å². The van der Waals surface area contributed by atoms with Gasteiger partial charge in [0.15, 0.2) is 5.82 Å². The Morgan fingerprint density at radius 2 is 2.09 bits per heavy atom. The molecule has 2 heterocycles. The zero-order valence-electron chi connectivity index (χ0n) is 12.2. The molecule has 0 saturated heterocycles. The zero-order chi connectivity index (χ0) is 16.2. The minimum Gasteiger partial charge on any atom is -0.292 e. The van der Waals surface area contributed by atoms with Gasteiger partial charge < -0.3 is 0 Å². The molecule has 1 aromatic carbocycles. The molecular formula is C15H13ClN6O.